The summed E-state index contributed by atoms with van der Waals surface area (Å²) in [5.41, 5.74) is 8.51. The van der Waals surface area contributed by atoms with E-state index in [4.69, 9.17) is 34.2 Å². The molecule has 0 spiro atoms. The predicted octanol–water partition coefficient (Wildman–Crippen LogP) is 6.51. The third kappa shape index (κ3) is 20.2. The van der Waals surface area contributed by atoms with E-state index in [9.17, 15) is 24.0 Å². The third-order valence-electron chi connectivity index (χ3n) is 12.4. The molecular formula is C56H72BrN9O13P2. The molecule has 0 aliphatic carbocycles. The molecule has 6 rings (SSSR count). The topological polar surface area (TPSA) is 296 Å². The number of carbonyl (C=O) groups is 4. The summed E-state index contributed by atoms with van der Waals surface area (Å²) < 4.78 is 67.5. The molecule has 0 aliphatic rings. The molecule has 2 aromatic heterocycles. The van der Waals surface area contributed by atoms with E-state index in [1.54, 1.807) is 32.3 Å². The summed E-state index contributed by atoms with van der Waals surface area (Å²) >= 11 is 3.46. The Bertz CT molecular complexity index is 2970. The Morgan fingerprint density at radius 3 is 1.30 bits per heavy atom. The largest absolute Gasteiger partial charge is 0.465 e. The second-order valence-electron chi connectivity index (χ2n) is 18.8. The van der Waals surface area contributed by atoms with Gasteiger partial charge in [-0.15, -0.1) is 0 Å². The van der Waals surface area contributed by atoms with Gasteiger partial charge in [-0.05, 0) is 91.6 Å². The highest BCUT2D eigenvalue weighted by Crippen LogP contribution is 2.40. The van der Waals surface area contributed by atoms with Gasteiger partial charge in [-0.25, -0.2) is 25.3 Å². The molecular weight excluding hydrogens is 1150 g/mol. The number of anilines is 1. The van der Waals surface area contributed by atoms with E-state index >= 15 is 9.13 Å². The Morgan fingerprint density at radius 2 is 0.926 bits per heavy atom. The van der Waals surface area contributed by atoms with Crippen molar-refractivity contribution >= 4 is 71.8 Å². The minimum absolute atomic E-state index is 0.00473. The summed E-state index contributed by atoms with van der Waals surface area (Å²) in [7, 11) is -8.25. The van der Waals surface area contributed by atoms with Crippen molar-refractivity contribution < 1.29 is 56.7 Å². The zero-order chi connectivity index (χ0) is 58.2. The lowest BCUT2D eigenvalue weighted by molar-refractivity contribution is -0.146. The highest BCUT2D eigenvalue weighted by atomic mass is 79.9. The minimum atomic E-state index is -4.20. The van der Waals surface area contributed by atoms with Crippen LogP contribution in [0.3, 0.4) is 0 Å². The Balaban J connectivity index is 1.32. The summed E-state index contributed by atoms with van der Waals surface area (Å²) in [6, 6.07) is 31.8. The van der Waals surface area contributed by atoms with Crippen LogP contribution in [0.2, 0.25) is 0 Å². The Hall–Kier alpha value is -6.39. The fraction of sp³-hybridized carbons (Fsp3) is 0.411. The van der Waals surface area contributed by atoms with E-state index in [1.807, 2.05) is 121 Å². The molecule has 22 nitrogen and oxygen atoms in total. The molecule has 25 heteroatoms. The number of nitrogens with zero attached hydrogens (tertiary/aromatic N) is 3. The van der Waals surface area contributed by atoms with Crippen molar-refractivity contribution in [3.8, 4) is 0 Å². The molecule has 2 heterocycles. The van der Waals surface area contributed by atoms with Crippen molar-refractivity contribution in [1.29, 1.82) is 0 Å². The van der Waals surface area contributed by atoms with Crippen molar-refractivity contribution in [2.24, 2.45) is 5.92 Å². The standard InChI is InChI=1S/C56H72BrN9O13P2/c1-5-76-51(68)44(31-39-21-13-9-14-22-39)62-80(72,63-45(52(69)77-6-2)32-40-23-15-10-16-24-40)30-29-74-36-43(35-66-49-48(59-55(66)57)50(67)61-56(58)60-49)37-75-38-81(73,64-46(53(70)78-7-3)33-41-25-17-11-18-26-41)65-47(54(71)79-8-4)34-42-27-19-12-20-28-42/h9-28,43-47H,5-8,29-38H2,1-4H3,(H2,62,63,72)(H2,64,65,73)(H3,58,60,61,67)/t43?,44-,45-,46-,47-/m0/s1. The van der Waals surface area contributed by atoms with Crippen LogP contribution in [0.15, 0.2) is 131 Å². The highest BCUT2D eigenvalue weighted by molar-refractivity contribution is 9.10. The molecule has 0 saturated heterocycles. The zero-order valence-corrected chi connectivity index (χ0v) is 49.2. The average molecular weight is 1220 g/mol. The fourth-order valence-corrected chi connectivity index (χ4v) is 13.3. The maximum atomic E-state index is 15.6. The van der Waals surface area contributed by atoms with Crippen LogP contribution in [0.25, 0.3) is 11.2 Å². The van der Waals surface area contributed by atoms with E-state index in [-0.39, 0.29) is 106 Å². The minimum Gasteiger partial charge on any atom is -0.465 e. The maximum absolute atomic E-state index is 15.6. The fourth-order valence-electron chi connectivity index (χ4n) is 8.75. The number of rotatable bonds is 35. The first-order valence-corrected chi connectivity index (χ1v) is 31.3. The number of benzene rings is 4. The van der Waals surface area contributed by atoms with Crippen LogP contribution in [0.1, 0.15) is 49.9 Å². The molecule has 7 N–H and O–H groups in total. The number of aromatic amines is 1. The molecule has 0 bridgehead atoms. The van der Waals surface area contributed by atoms with Crippen LogP contribution >= 0.6 is 30.8 Å². The van der Waals surface area contributed by atoms with Crippen molar-refractivity contribution in [1.82, 2.24) is 39.9 Å². The highest BCUT2D eigenvalue weighted by Gasteiger charge is 2.38. The molecule has 436 valence electrons. The summed E-state index contributed by atoms with van der Waals surface area (Å²) in [6.45, 7) is 6.21. The van der Waals surface area contributed by atoms with Gasteiger partial charge < -0.3 is 38.7 Å². The van der Waals surface area contributed by atoms with E-state index in [2.05, 4.69) is 51.2 Å². The number of nitrogens with one attached hydrogen (secondary N) is 5. The number of aromatic nitrogens is 4. The normalized spacial score (nSPS) is 13.6. The number of esters is 4. The lowest BCUT2D eigenvalue weighted by Gasteiger charge is -2.30. The molecule has 81 heavy (non-hydrogen) atoms. The summed E-state index contributed by atoms with van der Waals surface area (Å²) in [4.78, 5) is 78.9. The Morgan fingerprint density at radius 1 is 0.568 bits per heavy atom. The number of hydrogen-bond donors (Lipinski definition) is 6. The molecule has 6 aromatic rings. The Labute approximate surface area is 479 Å². The lowest BCUT2D eigenvalue weighted by atomic mass is 10.1. The summed E-state index contributed by atoms with van der Waals surface area (Å²) in [6.07, 6.45) is -0.541. The number of imidazole rings is 1. The SMILES string of the molecule is CCOC(=O)[C@H](Cc1ccccc1)NP(=O)(CCOCC(COCP(=O)(N[C@@H](Cc1ccccc1)C(=O)OCC)N[C@@H](Cc1ccccc1)C(=O)OCC)Cn1c(Br)nc2c(=O)[nH]c(N)nc21)N[C@@H](Cc1ccccc1)C(=O)OCC. The van der Waals surface area contributed by atoms with Gasteiger partial charge in [0.15, 0.2) is 15.9 Å². The van der Waals surface area contributed by atoms with Crippen molar-refractivity contribution in [3.05, 3.63) is 159 Å². The number of fused-ring (bicyclic) bond motifs is 1. The molecule has 4 aromatic carbocycles. The number of halogens is 1. The zero-order valence-electron chi connectivity index (χ0n) is 45.8. The monoisotopic (exact) mass is 1220 g/mol. The summed E-state index contributed by atoms with van der Waals surface area (Å²) in [5.74, 6) is -3.57. The number of carbonyl (C=O) groups excluding carboxylic acids is 4. The van der Waals surface area contributed by atoms with Crippen LogP contribution < -0.4 is 31.6 Å². The van der Waals surface area contributed by atoms with Crippen LogP contribution in [-0.4, -0.2) is 126 Å². The van der Waals surface area contributed by atoms with Crippen LogP contribution in [0.4, 0.5) is 5.95 Å². The van der Waals surface area contributed by atoms with E-state index in [0.29, 0.717) is 0 Å². The van der Waals surface area contributed by atoms with E-state index in [1.165, 1.54) is 0 Å². The maximum Gasteiger partial charge on any atom is 0.323 e. The number of nitrogen functional groups attached to an aromatic ring is 1. The number of ether oxygens (including phenoxy) is 6. The van der Waals surface area contributed by atoms with Gasteiger partial charge in [0.25, 0.3) is 5.56 Å². The predicted molar refractivity (Wildman–Crippen MR) is 310 cm³/mol. The molecule has 0 fully saturated rings. The molecule has 0 amide bonds. The molecule has 0 aliphatic heterocycles. The van der Waals surface area contributed by atoms with E-state index < -0.39 is 80.8 Å². The van der Waals surface area contributed by atoms with Gasteiger partial charge in [0, 0.05) is 12.5 Å². The molecule has 5 atom stereocenters. The summed E-state index contributed by atoms with van der Waals surface area (Å²) in [5, 5.41) is 12.1. The molecule has 0 radical (unpaired) electrons. The van der Waals surface area contributed by atoms with Gasteiger partial charge in [0.05, 0.1) is 52.4 Å². The number of hydrogen-bond acceptors (Lipinski definition) is 16. The first kappa shape index (κ1) is 63.8. The molecule has 0 saturated carbocycles. The number of nitrogens with two attached hydrogens (primary N) is 1. The van der Waals surface area contributed by atoms with Gasteiger partial charge in [-0.3, -0.25) is 38.1 Å². The smallest absolute Gasteiger partial charge is 0.323 e. The second-order valence-corrected chi connectivity index (χ2v) is 24.2. The molecule has 1 unspecified atom stereocenters. The second kappa shape index (κ2) is 32.3. The quantitative estimate of drug-likeness (QED) is 0.00812. The van der Waals surface area contributed by atoms with Gasteiger partial charge in [-0.1, -0.05) is 121 Å². The number of H-pyrrole nitrogens is 1. The van der Waals surface area contributed by atoms with Gasteiger partial charge in [-0.2, -0.15) is 4.98 Å². The van der Waals surface area contributed by atoms with Crippen LogP contribution in [0, 0.1) is 5.92 Å². The van der Waals surface area contributed by atoms with Gasteiger partial charge in [0.2, 0.25) is 20.8 Å². The first-order chi connectivity index (χ1) is 39.0. The van der Waals surface area contributed by atoms with Crippen molar-refractivity contribution in [3.63, 3.8) is 0 Å². The van der Waals surface area contributed by atoms with Crippen molar-refractivity contribution in [2.45, 2.75) is 84.1 Å². The van der Waals surface area contributed by atoms with Gasteiger partial charge in [0.1, 0.15) is 30.5 Å². The van der Waals surface area contributed by atoms with Gasteiger partial charge >= 0.3 is 23.9 Å². The Kier molecular flexibility index (Phi) is 25.4. The third-order valence-corrected chi connectivity index (χ3v) is 17.3. The van der Waals surface area contributed by atoms with Crippen LogP contribution in [-0.2, 0) is 89.0 Å². The first-order valence-electron chi connectivity index (χ1n) is 26.7. The van der Waals surface area contributed by atoms with Crippen LogP contribution in [0.5, 0.6) is 0 Å². The van der Waals surface area contributed by atoms with Crippen molar-refractivity contribution in [2.75, 3.05) is 64.5 Å². The average Bonchev–Trinajstić information content (AvgIpc) is 3.89. The van der Waals surface area contributed by atoms with E-state index in [0.717, 1.165) is 22.3 Å². The lowest BCUT2D eigenvalue weighted by Crippen LogP contribution is -2.46.